The van der Waals surface area contributed by atoms with Crippen LogP contribution in [0, 0.1) is 6.57 Å². The first-order valence-corrected chi connectivity index (χ1v) is 10.4. The number of aromatic nitrogens is 1. The summed E-state index contributed by atoms with van der Waals surface area (Å²) in [4.78, 5) is 11.9. The van der Waals surface area contributed by atoms with Gasteiger partial charge in [-0.05, 0) is 41.8 Å². The van der Waals surface area contributed by atoms with Crippen molar-refractivity contribution < 1.29 is 13.2 Å². The number of rotatable bonds is 6. The molecule has 3 aromatic rings. The van der Waals surface area contributed by atoms with Crippen LogP contribution in [-0.2, 0) is 19.3 Å². The SMILES string of the molecule is [C-]#[N+]c1ccc(N(Cc2ccccc2C(F)(F)F)[C@H]2CCN(Cc3cccnc3)C2)cc1. The summed E-state index contributed by atoms with van der Waals surface area (Å²) in [6.07, 6.45) is 0.0218. The van der Waals surface area contributed by atoms with E-state index in [0.29, 0.717) is 5.69 Å². The number of hydrogen-bond acceptors (Lipinski definition) is 3. The summed E-state index contributed by atoms with van der Waals surface area (Å²) in [6.45, 7) is 9.68. The second kappa shape index (κ2) is 9.41. The zero-order chi connectivity index (χ0) is 22.6. The molecule has 32 heavy (non-hydrogen) atoms. The average Bonchev–Trinajstić information content (AvgIpc) is 3.26. The van der Waals surface area contributed by atoms with E-state index in [1.54, 1.807) is 30.5 Å². The molecule has 0 N–H and O–H groups in total. The molecule has 4 rings (SSSR count). The third-order valence-corrected chi connectivity index (χ3v) is 5.79. The van der Waals surface area contributed by atoms with Gasteiger partial charge in [0.05, 0.1) is 12.1 Å². The van der Waals surface area contributed by atoms with Crippen molar-refractivity contribution in [1.82, 2.24) is 9.88 Å². The fraction of sp³-hybridized carbons (Fsp3) is 0.280. The molecule has 2 aromatic carbocycles. The molecule has 0 aliphatic carbocycles. The largest absolute Gasteiger partial charge is 0.416 e. The summed E-state index contributed by atoms with van der Waals surface area (Å²) >= 11 is 0. The molecule has 4 nitrogen and oxygen atoms in total. The van der Waals surface area contributed by atoms with Crippen LogP contribution in [0.5, 0.6) is 0 Å². The van der Waals surface area contributed by atoms with E-state index in [2.05, 4.69) is 14.7 Å². The molecule has 0 unspecified atom stereocenters. The molecule has 164 valence electrons. The fourth-order valence-corrected chi connectivity index (χ4v) is 4.23. The number of alkyl halides is 3. The molecule has 1 fully saturated rings. The van der Waals surface area contributed by atoms with Crippen molar-refractivity contribution in [2.75, 3.05) is 18.0 Å². The quantitative estimate of drug-likeness (QED) is 0.448. The molecule has 7 heteroatoms. The van der Waals surface area contributed by atoms with E-state index in [0.717, 1.165) is 43.4 Å². The maximum atomic E-state index is 13.6. The Kier molecular flexibility index (Phi) is 6.42. The third kappa shape index (κ3) is 5.09. The van der Waals surface area contributed by atoms with Crippen LogP contribution >= 0.6 is 0 Å². The Hall–Kier alpha value is -3.37. The first-order valence-electron chi connectivity index (χ1n) is 10.4. The van der Waals surface area contributed by atoms with Crippen molar-refractivity contribution >= 4 is 11.4 Å². The highest BCUT2D eigenvalue weighted by Gasteiger charge is 2.35. The van der Waals surface area contributed by atoms with Crippen LogP contribution in [0.2, 0.25) is 0 Å². The van der Waals surface area contributed by atoms with Crippen LogP contribution in [0.15, 0.2) is 73.1 Å². The van der Waals surface area contributed by atoms with Gasteiger partial charge in [0.2, 0.25) is 0 Å². The van der Waals surface area contributed by atoms with Crippen LogP contribution in [0.3, 0.4) is 0 Å². The van der Waals surface area contributed by atoms with Crippen LogP contribution in [0.1, 0.15) is 23.1 Å². The Labute approximate surface area is 185 Å². The maximum absolute atomic E-state index is 13.6. The van der Waals surface area contributed by atoms with Crippen molar-refractivity contribution in [2.24, 2.45) is 0 Å². The second-order valence-corrected chi connectivity index (χ2v) is 7.95. The minimum Gasteiger partial charge on any atom is -0.363 e. The number of nitrogens with zero attached hydrogens (tertiary/aromatic N) is 4. The molecule has 0 spiro atoms. The number of anilines is 1. The summed E-state index contributed by atoms with van der Waals surface area (Å²) < 4.78 is 40.8. The summed E-state index contributed by atoms with van der Waals surface area (Å²) in [5, 5.41) is 0. The molecular weight excluding hydrogens is 413 g/mol. The van der Waals surface area contributed by atoms with Crippen molar-refractivity contribution in [2.45, 2.75) is 31.7 Å². The average molecular weight is 436 g/mol. The van der Waals surface area contributed by atoms with Crippen molar-refractivity contribution in [3.05, 3.63) is 101 Å². The van der Waals surface area contributed by atoms with Gasteiger partial charge in [-0.2, -0.15) is 13.2 Å². The molecule has 0 saturated carbocycles. The van der Waals surface area contributed by atoms with Gasteiger partial charge in [0.15, 0.2) is 5.69 Å². The Morgan fingerprint density at radius 2 is 1.84 bits per heavy atom. The molecule has 2 heterocycles. The first-order chi connectivity index (χ1) is 15.4. The van der Waals surface area contributed by atoms with Gasteiger partial charge in [-0.1, -0.05) is 36.4 Å². The molecule has 1 aliphatic rings. The number of likely N-dealkylation sites (tertiary alicyclic amines) is 1. The Bertz CT molecular complexity index is 1070. The zero-order valence-corrected chi connectivity index (χ0v) is 17.5. The highest BCUT2D eigenvalue weighted by molar-refractivity contribution is 5.57. The summed E-state index contributed by atoms with van der Waals surface area (Å²) in [5.41, 5.74) is 2.09. The van der Waals surface area contributed by atoms with Gasteiger partial charge in [0.25, 0.3) is 0 Å². The fourth-order valence-electron chi connectivity index (χ4n) is 4.23. The molecule has 1 aromatic heterocycles. The summed E-state index contributed by atoms with van der Waals surface area (Å²) in [6, 6.07) is 16.8. The van der Waals surface area contributed by atoms with Gasteiger partial charge in [-0.15, -0.1) is 0 Å². The van der Waals surface area contributed by atoms with Gasteiger partial charge in [-0.25, -0.2) is 4.85 Å². The number of hydrogen-bond donors (Lipinski definition) is 0. The van der Waals surface area contributed by atoms with Crippen molar-refractivity contribution in [1.29, 1.82) is 0 Å². The third-order valence-electron chi connectivity index (χ3n) is 5.79. The predicted octanol–water partition coefficient (Wildman–Crippen LogP) is 5.93. The molecule has 1 aliphatic heterocycles. The highest BCUT2D eigenvalue weighted by atomic mass is 19.4. The lowest BCUT2D eigenvalue weighted by Crippen LogP contribution is -2.37. The minimum atomic E-state index is -4.40. The lowest BCUT2D eigenvalue weighted by Gasteiger charge is -2.32. The van der Waals surface area contributed by atoms with Gasteiger partial charge in [-0.3, -0.25) is 9.88 Å². The molecular formula is C25H23F3N4. The topological polar surface area (TPSA) is 23.7 Å². The first kappa shape index (κ1) is 21.8. The molecule has 1 saturated heterocycles. The van der Waals surface area contributed by atoms with Crippen LogP contribution in [0.25, 0.3) is 4.85 Å². The predicted molar refractivity (Wildman–Crippen MR) is 118 cm³/mol. The van der Waals surface area contributed by atoms with Crippen molar-refractivity contribution in [3.8, 4) is 0 Å². The van der Waals surface area contributed by atoms with Crippen LogP contribution < -0.4 is 4.90 Å². The maximum Gasteiger partial charge on any atom is 0.416 e. The lowest BCUT2D eigenvalue weighted by atomic mass is 10.0. The van der Waals surface area contributed by atoms with E-state index in [4.69, 9.17) is 6.57 Å². The minimum absolute atomic E-state index is 0.0618. The van der Waals surface area contributed by atoms with Gasteiger partial charge in [0, 0.05) is 50.3 Å². The van der Waals surface area contributed by atoms with E-state index in [9.17, 15) is 13.2 Å². The van der Waals surface area contributed by atoms with E-state index >= 15 is 0 Å². The smallest absolute Gasteiger partial charge is 0.363 e. The van der Waals surface area contributed by atoms with Crippen molar-refractivity contribution in [3.63, 3.8) is 0 Å². The highest BCUT2D eigenvalue weighted by Crippen LogP contribution is 2.34. The standard InChI is InChI=1S/C25H23F3N4/c1-29-21-8-10-22(11-9-21)32(17-20-6-2-3-7-24(20)25(26,27)28)23-12-14-31(18-23)16-19-5-4-13-30-15-19/h2-11,13,15,23H,12,14,16-18H2/t23-/m0/s1. The normalized spacial score (nSPS) is 16.6. The Morgan fingerprint density at radius 3 is 2.53 bits per heavy atom. The molecule has 0 bridgehead atoms. The molecule has 1 atom stereocenters. The zero-order valence-electron chi connectivity index (χ0n) is 17.5. The van der Waals surface area contributed by atoms with E-state index in [-0.39, 0.29) is 18.2 Å². The van der Waals surface area contributed by atoms with Gasteiger partial charge in [0.1, 0.15) is 0 Å². The molecule has 0 amide bonds. The molecule has 0 radical (unpaired) electrons. The number of halogens is 3. The Morgan fingerprint density at radius 1 is 1.06 bits per heavy atom. The van der Waals surface area contributed by atoms with E-state index in [1.807, 2.05) is 35.4 Å². The summed E-state index contributed by atoms with van der Waals surface area (Å²) in [5.74, 6) is 0. The van der Waals surface area contributed by atoms with Gasteiger partial charge < -0.3 is 4.90 Å². The van der Waals surface area contributed by atoms with Gasteiger partial charge >= 0.3 is 6.18 Å². The second-order valence-electron chi connectivity index (χ2n) is 7.95. The van der Waals surface area contributed by atoms with Crippen LogP contribution in [-0.4, -0.2) is 29.0 Å². The van der Waals surface area contributed by atoms with Crippen LogP contribution in [0.4, 0.5) is 24.5 Å². The number of benzene rings is 2. The number of pyridine rings is 1. The monoisotopic (exact) mass is 436 g/mol. The van der Waals surface area contributed by atoms with E-state index in [1.165, 1.54) is 6.07 Å². The Balaban J connectivity index is 1.60. The lowest BCUT2D eigenvalue weighted by molar-refractivity contribution is -0.138. The summed E-state index contributed by atoms with van der Waals surface area (Å²) in [7, 11) is 0. The van der Waals surface area contributed by atoms with E-state index < -0.39 is 11.7 Å².